The molecule has 0 fully saturated rings. The molecule has 1 aromatic carbocycles. The molecule has 1 aromatic heterocycles. The van der Waals surface area contributed by atoms with E-state index in [2.05, 4.69) is 10.2 Å². The maximum Gasteiger partial charge on any atom is 0.180 e. The number of aromatic nitrogens is 2. The summed E-state index contributed by atoms with van der Waals surface area (Å²) in [6.45, 7) is 3.53. The van der Waals surface area contributed by atoms with Gasteiger partial charge in [0.25, 0.3) is 0 Å². The number of fused-ring (bicyclic) bond motifs is 1. The summed E-state index contributed by atoms with van der Waals surface area (Å²) in [6, 6.07) is 5.88. The quantitative estimate of drug-likeness (QED) is 0.673. The van der Waals surface area contributed by atoms with E-state index in [0.29, 0.717) is 5.69 Å². The highest BCUT2D eigenvalue weighted by atomic mass is 16.1. The number of ketones is 1. The van der Waals surface area contributed by atoms with E-state index in [1.807, 2.05) is 25.1 Å². The van der Waals surface area contributed by atoms with Crippen LogP contribution in [0.3, 0.4) is 0 Å². The van der Waals surface area contributed by atoms with E-state index in [4.69, 9.17) is 0 Å². The third-order valence-electron chi connectivity index (χ3n) is 2.05. The maximum atomic E-state index is 11.1. The van der Waals surface area contributed by atoms with Crippen LogP contribution in [0.15, 0.2) is 18.2 Å². The van der Waals surface area contributed by atoms with Gasteiger partial charge in [-0.05, 0) is 18.6 Å². The molecule has 0 radical (unpaired) electrons. The van der Waals surface area contributed by atoms with E-state index >= 15 is 0 Å². The minimum Gasteiger partial charge on any atom is -0.293 e. The van der Waals surface area contributed by atoms with Crippen LogP contribution in [0.1, 0.15) is 23.0 Å². The number of aromatic amines is 1. The predicted molar refractivity (Wildman–Crippen MR) is 50.8 cm³/mol. The van der Waals surface area contributed by atoms with Gasteiger partial charge in [-0.15, -0.1) is 0 Å². The molecule has 0 spiro atoms. The van der Waals surface area contributed by atoms with Crippen molar-refractivity contribution in [2.45, 2.75) is 13.8 Å². The molecule has 66 valence electrons. The van der Waals surface area contributed by atoms with E-state index < -0.39 is 0 Å². The molecule has 3 heteroatoms. The van der Waals surface area contributed by atoms with Crippen LogP contribution in [0, 0.1) is 6.92 Å². The second-order valence-corrected chi connectivity index (χ2v) is 3.18. The molecule has 0 saturated carbocycles. The number of nitrogens with zero attached hydrogens (tertiary/aromatic N) is 1. The second-order valence-electron chi connectivity index (χ2n) is 3.18. The third kappa shape index (κ3) is 1.22. The fourth-order valence-corrected chi connectivity index (χ4v) is 1.40. The molecule has 0 aliphatic heterocycles. The molecule has 0 atom stereocenters. The van der Waals surface area contributed by atoms with Gasteiger partial charge in [0.15, 0.2) is 5.78 Å². The topological polar surface area (TPSA) is 45.8 Å². The van der Waals surface area contributed by atoms with Crippen LogP contribution in [0.2, 0.25) is 0 Å². The Labute approximate surface area is 75.8 Å². The van der Waals surface area contributed by atoms with Gasteiger partial charge in [-0.3, -0.25) is 9.89 Å². The molecular formula is C10H10N2O. The van der Waals surface area contributed by atoms with Crippen molar-refractivity contribution in [1.82, 2.24) is 10.2 Å². The number of carbonyl (C=O) groups excluding carboxylic acids is 1. The van der Waals surface area contributed by atoms with Gasteiger partial charge in [0, 0.05) is 12.3 Å². The van der Waals surface area contributed by atoms with Crippen LogP contribution >= 0.6 is 0 Å². The summed E-state index contributed by atoms with van der Waals surface area (Å²) < 4.78 is 0. The van der Waals surface area contributed by atoms with Crippen molar-refractivity contribution >= 4 is 16.7 Å². The number of hydrogen-bond acceptors (Lipinski definition) is 2. The molecule has 0 bridgehead atoms. The summed E-state index contributed by atoms with van der Waals surface area (Å²) in [5.41, 5.74) is 2.60. The van der Waals surface area contributed by atoms with Gasteiger partial charge in [0.05, 0.1) is 5.52 Å². The summed E-state index contributed by atoms with van der Waals surface area (Å²) in [7, 11) is 0. The smallest absolute Gasteiger partial charge is 0.180 e. The van der Waals surface area contributed by atoms with E-state index in [9.17, 15) is 4.79 Å². The lowest BCUT2D eigenvalue weighted by Crippen LogP contribution is -1.92. The largest absolute Gasteiger partial charge is 0.293 e. The average molecular weight is 174 g/mol. The highest BCUT2D eigenvalue weighted by Gasteiger charge is 2.08. The monoisotopic (exact) mass is 174 g/mol. The molecule has 3 nitrogen and oxygen atoms in total. The number of H-pyrrole nitrogens is 1. The number of hydrogen-bond donors (Lipinski definition) is 1. The summed E-state index contributed by atoms with van der Waals surface area (Å²) in [5.74, 6) is -0.00453. The molecule has 13 heavy (non-hydrogen) atoms. The molecule has 1 heterocycles. The Morgan fingerprint density at radius 3 is 2.92 bits per heavy atom. The molecule has 2 rings (SSSR count). The Balaban J connectivity index is 2.76. The highest BCUT2D eigenvalue weighted by Crippen LogP contribution is 2.17. The van der Waals surface area contributed by atoms with Crippen LogP contribution in [-0.4, -0.2) is 16.0 Å². The molecular weight excluding hydrogens is 164 g/mol. The van der Waals surface area contributed by atoms with Crippen molar-refractivity contribution in [2.24, 2.45) is 0 Å². The summed E-state index contributed by atoms with van der Waals surface area (Å²) in [6.07, 6.45) is 0. The summed E-state index contributed by atoms with van der Waals surface area (Å²) >= 11 is 0. The van der Waals surface area contributed by atoms with Crippen molar-refractivity contribution in [3.8, 4) is 0 Å². The first-order valence-corrected chi connectivity index (χ1v) is 4.14. The number of carbonyl (C=O) groups is 1. The van der Waals surface area contributed by atoms with Crippen molar-refractivity contribution in [3.05, 3.63) is 29.5 Å². The maximum absolute atomic E-state index is 11.1. The van der Waals surface area contributed by atoms with E-state index in [-0.39, 0.29) is 5.78 Å². The van der Waals surface area contributed by atoms with Crippen molar-refractivity contribution < 1.29 is 4.79 Å². The Morgan fingerprint density at radius 1 is 1.46 bits per heavy atom. The lowest BCUT2D eigenvalue weighted by atomic mass is 10.1. The Kier molecular flexibility index (Phi) is 1.65. The Bertz CT molecular complexity index is 471. The van der Waals surface area contributed by atoms with Crippen LogP contribution in [0.5, 0.6) is 0 Å². The normalized spacial score (nSPS) is 10.6. The number of Topliss-reactive ketones (excluding diaryl/α,β-unsaturated/α-hetero) is 1. The SMILES string of the molecule is CC(=O)c1n[nH]c2cc(C)ccc12. The van der Waals surface area contributed by atoms with Crippen molar-refractivity contribution in [1.29, 1.82) is 0 Å². The third-order valence-corrected chi connectivity index (χ3v) is 2.05. The van der Waals surface area contributed by atoms with E-state index in [1.54, 1.807) is 0 Å². The molecule has 1 N–H and O–H groups in total. The van der Waals surface area contributed by atoms with Crippen LogP contribution in [-0.2, 0) is 0 Å². The average Bonchev–Trinajstić information content (AvgIpc) is 2.46. The molecule has 0 aliphatic rings. The molecule has 2 aromatic rings. The number of nitrogens with one attached hydrogen (secondary N) is 1. The second kappa shape index (κ2) is 2.69. The van der Waals surface area contributed by atoms with Crippen molar-refractivity contribution in [3.63, 3.8) is 0 Å². The zero-order valence-electron chi connectivity index (χ0n) is 7.59. The number of aryl methyl sites for hydroxylation is 1. The minimum absolute atomic E-state index is 0.00453. The molecule has 0 saturated heterocycles. The number of rotatable bonds is 1. The summed E-state index contributed by atoms with van der Waals surface area (Å²) in [4.78, 5) is 11.1. The van der Waals surface area contributed by atoms with Crippen LogP contribution < -0.4 is 0 Å². The highest BCUT2D eigenvalue weighted by molar-refractivity contribution is 6.04. The first-order valence-electron chi connectivity index (χ1n) is 4.14. The zero-order valence-corrected chi connectivity index (χ0v) is 7.59. The first-order chi connectivity index (χ1) is 6.18. The minimum atomic E-state index is -0.00453. The van der Waals surface area contributed by atoms with Crippen molar-refractivity contribution in [2.75, 3.05) is 0 Å². The van der Waals surface area contributed by atoms with Gasteiger partial charge in [-0.25, -0.2) is 0 Å². The van der Waals surface area contributed by atoms with Gasteiger partial charge in [-0.2, -0.15) is 5.10 Å². The molecule has 0 aliphatic carbocycles. The van der Waals surface area contributed by atoms with Crippen LogP contribution in [0.4, 0.5) is 0 Å². The van der Waals surface area contributed by atoms with Gasteiger partial charge < -0.3 is 0 Å². The molecule has 0 unspecified atom stereocenters. The molecule has 0 amide bonds. The van der Waals surface area contributed by atoms with Gasteiger partial charge in [0.1, 0.15) is 5.69 Å². The fraction of sp³-hybridized carbons (Fsp3) is 0.200. The fourth-order valence-electron chi connectivity index (χ4n) is 1.40. The van der Waals surface area contributed by atoms with Crippen LogP contribution in [0.25, 0.3) is 10.9 Å². The predicted octanol–water partition coefficient (Wildman–Crippen LogP) is 2.07. The van der Waals surface area contributed by atoms with Gasteiger partial charge in [-0.1, -0.05) is 12.1 Å². The van der Waals surface area contributed by atoms with E-state index in [1.165, 1.54) is 6.92 Å². The Morgan fingerprint density at radius 2 is 2.23 bits per heavy atom. The standard InChI is InChI=1S/C10H10N2O/c1-6-3-4-8-9(5-6)11-12-10(8)7(2)13/h3-5H,1-2H3,(H,11,12). The zero-order chi connectivity index (χ0) is 9.42. The van der Waals surface area contributed by atoms with E-state index in [0.717, 1.165) is 16.5 Å². The van der Waals surface area contributed by atoms with Gasteiger partial charge in [0.2, 0.25) is 0 Å². The lowest BCUT2D eigenvalue weighted by molar-refractivity contribution is 0.101. The Hall–Kier alpha value is -1.64. The first kappa shape index (κ1) is 7.98. The summed E-state index contributed by atoms with van der Waals surface area (Å²) in [5, 5.41) is 7.70. The van der Waals surface area contributed by atoms with Gasteiger partial charge >= 0.3 is 0 Å². The number of benzene rings is 1. The lowest BCUT2D eigenvalue weighted by Gasteiger charge is -1.92.